The van der Waals surface area contributed by atoms with Gasteiger partial charge in [-0.15, -0.1) is 12.4 Å². The van der Waals surface area contributed by atoms with Gasteiger partial charge in [0.05, 0.1) is 12.1 Å². The van der Waals surface area contributed by atoms with Crippen LogP contribution in [-0.2, 0) is 28.7 Å². The molecule has 3 aliphatic carbocycles. The van der Waals surface area contributed by atoms with Gasteiger partial charge >= 0.3 is 12.2 Å². The third-order valence-electron chi connectivity index (χ3n) is 21.7. The number of carbonyl (C=O) groups excluding carboxylic acids is 2. The van der Waals surface area contributed by atoms with Gasteiger partial charge in [0.1, 0.15) is 28.0 Å². The third kappa shape index (κ3) is 17.1. The number of fused-ring (bicyclic) bond motifs is 3. The highest BCUT2D eigenvalue weighted by Gasteiger charge is 2.51. The van der Waals surface area contributed by atoms with E-state index in [9.17, 15) is 9.59 Å². The lowest BCUT2D eigenvalue weighted by Gasteiger charge is -2.44. The summed E-state index contributed by atoms with van der Waals surface area (Å²) in [4.78, 5) is 56.8. The molecule has 3 fully saturated rings. The predicted octanol–water partition coefficient (Wildman–Crippen LogP) is 17.8. The van der Waals surface area contributed by atoms with Crippen LogP contribution in [0.3, 0.4) is 0 Å². The number of nitrogens with zero attached hydrogens (tertiary/aromatic N) is 8. The minimum absolute atomic E-state index is 0. The van der Waals surface area contributed by atoms with Gasteiger partial charge in [-0.2, -0.15) is 0 Å². The van der Waals surface area contributed by atoms with E-state index in [0.29, 0.717) is 5.15 Å². The van der Waals surface area contributed by atoms with Gasteiger partial charge in [-0.1, -0.05) is 103 Å². The molecule has 15 rings (SSSR count). The summed E-state index contributed by atoms with van der Waals surface area (Å²) in [5, 5.41) is 10.4. The predicted molar refractivity (Wildman–Crippen MR) is 417 cm³/mol. The van der Waals surface area contributed by atoms with Gasteiger partial charge in [0.25, 0.3) is 0 Å². The number of pyridine rings is 6. The monoisotopic (exact) mass is 1420 g/mol. The van der Waals surface area contributed by atoms with Crippen molar-refractivity contribution in [1.82, 2.24) is 45.9 Å². The van der Waals surface area contributed by atoms with E-state index in [1.54, 1.807) is 12.4 Å². The molecule has 18 heteroatoms. The van der Waals surface area contributed by atoms with Crippen molar-refractivity contribution in [3.05, 3.63) is 237 Å². The number of halogens is 2. The van der Waals surface area contributed by atoms with Gasteiger partial charge in [0.2, 0.25) is 0 Å². The van der Waals surface area contributed by atoms with Crippen LogP contribution < -0.4 is 31.5 Å². The van der Waals surface area contributed by atoms with E-state index < -0.39 is 11.2 Å². The number of anilines is 2. The normalized spacial score (nSPS) is 18.6. The number of rotatable bonds is 7. The Kier molecular flexibility index (Phi) is 23.2. The number of benzene rings is 3. The summed E-state index contributed by atoms with van der Waals surface area (Å²) in [6.07, 6.45) is 19.9. The highest BCUT2D eigenvalue weighted by molar-refractivity contribution is 6.30. The van der Waals surface area contributed by atoms with Gasteiger partial charge in [-0.25, -0.2) is 24.5 Å². The molecular formula is C85H102Cl2N12O4. The van der Waals surface area contributed by atoms with E-state index in [-0.39, 0.29) is 59.0 Å². The van der Waals surface area contributed by atoms with E-state index in [4.69, 9.17) is 36.8 Å². The summed E-state index contributed by atoms with van der Waals surface area (Å²) in [6, 6.07) is 44.4. The van der Waals surface area contributed by atoms with Crippen LogP contribution in [0.15, 0.2) is 165 Å². The highest BCUT2D eigenvalue weighted by Crippen LogP contribution is 2.55. The Hall–Kier alpha value is -8.80. The molecular weight excluding hydrogens is 1320 g/mol. The first-order valence-electron chi connectivity index (χ1n) is 36.3. The molecule has 0 radical (unpaired) electrons. The van der Waals surface area contributed by atoms with Crippen molar-refractivity contribution in [3.63, 3.8) is 0 Å². The van der Waals surface area contributed by atoms with Crippen LogP contribution >= 0.6 is 24.0 Å². The summed E-state index contributed by atoms with van der Waals surface area (Å²) >= 11 is 6.04. The van der Waals surface area contributed by atoms with E-state index in [1.165, 1.54) is 55.6 Å². The summed E-state index contributed by atoms with van der Waals surface area (Å²) < 4.78 is 11.1. The number of aryl methyl sites for hydroxylation is 3. The minimum atomic E-state index is -0.529. The third-order valence-corrected chi connectivity index (χ3v) is 22.0. The average Bonchev–Trinajstić information content (AvgIpc) is 1.63. The van der Waals surface area contributed by atoms with Gasteiger partial charge in [-0.3, -0.25) is 15.0 Å². The molecule has 0 bridgehead atoms. The fraction of sp³-hybridized carbons (Fsp3) is 0.412. The van der Waals surface area contributed by atoms with Crippen molar-refractivity contribution < 1.29 is 19.1 Å². The van der Waals surface area contributed by atoms with E-state index >= 15 is 0 Å². The van der Waals surface area contributed by atoms with E-state index in [2.05, 4.69) is 170 Å². The number of carbonyl (C=O) groups is 2. The first kappa shape index (κ1) is 75.4. The average molecular weight is 1430 g/mol. The molecule has 3 spiro atoms. The first-order valence-corrected chi connectivity index (χ1v) is 36.7. The van der Waals surface area contributed by atoms with E-state index in [0.717, 1.165) is 154 Å². The fourth-order valence-corrected chi connectivity index (χ4v) is 16.8. The van der Waals surface area contributed by atoms with Crippen LogP contribution in [-0.4, -0.2) is 92.6 Å². The Balaban J connectivity index is 0.000000143. The second-order valence-corrected chi connectivity index (χ2v) is 31.4. The summed E-state index contributed by atoms with van der Waals surface area (Å²) in [5.74, 6) is 2.17. The number of hydrogen-bond acceptors (Lipinski definition) is 14. The van der Waals surface area contributed by atoms with Crippen molar-refractivity contribution in [1.29, 1.82) is 0 Å². The number of nitrogens with two attached hydrogens (primary N) is 1. The fourth-order valence-electron chi connectivity index (χ4n) is 16.6. The van der Waals surface area contributed by atoms with Crippen LogP contribution in [0.4, 0.5) is 21.2 Å². The Morgan fingerprint density at radius 2 is 0.835 bits per heavy atom. The number of nitrogens with one attached hydrogen (secondary N) is 3. The van der Waals surface area contributed by atoms with Gasteiger partial charge < -0.3 is 41.0 Å². The van der Waals surface area contributed by atoms with Gasteiger partial charge in [0.15, 0.2) is 0 Å². The molecule has 3 aliphatic heterocycles. The van der Waals surface area contributed by atoms with Gasteiger partial charge in [0, 0.05) is 114 Å². The van der Waals surface area contributed by atoms with Crippen LogP contribution in [0.1, 0.15) is 165 Å². The summed E-state index contributed by atoms with van der Waals surface area (Å²) in [6.45, 7) is 29.6. The molecule has 0 unspecified atom stereocenters. The number of alkyl carbamates (subject to hydrolysis) is 2. The van der Waals surface area contributed by atoms with Crippen molar-refractivity contribution in [3.8, 4) is 33.4 Å². The Bertz CT molecular complexity index is 4430. The second-order valence-electron chi connectivity index (χ2n) is 31.0. The first-order chi connectivity index (χ1) is 48.8. The maximum Gasteiger partial charge on any atom is 0.408 e. The van der Waals surface area contributed by atoms with Crippen LogP contribution in [0.25, 0.3) is 33.4 Å². The standard InChI is InChI=1S/C30H36N4O2.C25H28N4.C18H26N2O2.C12H11ClN2.ClH/c1-20-17-25(23-10-8-14-31-19-23)21(2)27(32-20)34-15-12-30(13-16-34)18-22-9-6-7-11-24(22)26(30)33-28(35)36-29(3,4)5;1-17-14-22(20-7-5-11-27-16-20)18(2)24(28-17)29-12-9-25(10-13-29)15-19-6-3-4-8-21(19)23(25)26;1-17(2,3)22-16(21)20-15-14-7-5-4-6-13(14)12-18(15)8-10-19-11-9-18;1-8-6-11(9(2)12(13)15-8)10-4-3-5-14-7-10;/h6-11,14,17,19,26H,12-13,15-16,18H2,1-5H3,(H,33,35);3-8,11,14,16,23H,9-10,12-13,15,26H2,1-2H3;4-7,15,19H,8-12H2,1-3H3,(H,20,21);3-7H,1-2H3;1H/t26-;23-;15-;;/m111../s1. The van der Waals surface area contributed by atoms with Crippen LogP contribution in [0.2, 0.25) is 5.15 Å². The van der Waals surface area contributed by atoms with Crippen molar-refractivity contribution in [2.24, 2.45) is 22.0 Å². The van der Waals surface area contributed by atoms with Crippen molar-refractivity contribution in [2.45, 2.75) is 170 Å². The molecule has 540 valence electrons. The quantitative estimate of drug-likeness (QED) is 0.110. The maximum absolute atomic E-state index is 12.8. The maximum atomic E-state index is 12.8. The van der Waals surface area contributed by atoms with E-state index in [1.807, 2.05) is 111 Å². The number of piperidine rings is 3. The smallest absolute Gasteiger partial charge is 0.408 e. The summed E-state index contributed by atoms with van der Waals surface area (Å²) in [7, 11) is 0. The lowest BCUT2D eigenvalue weighted by molar-refractivity contribution is 0.0415. The lowest BCUT2D eigenvalue weighted by Crippen LogP contribution is -2.48. The second kappa shape index (κ2) is 31.7. The zero-order valence-corrected chi connectivity index (χ0v) is 63.6. The molecule has 3 saturated heterocycles. The topological polar surface area (TPSA) is 199 Å². The zero-order chi connectivity index (χ0) is 72.1. The number of aromatic nitrogens is 6. The molecule has 3 aromatic carbocycles. The zero-order valence-electron chi connectivity index (χ0n) is 62.0. The largest absolute Gasteiger partial charge is 0.444 e. The molecule has 6 aliphatic rings. The van der Waals surface area contributed by atoms with Crippen molar-refractivity contribution >= 4 is 47.8 Å². The molecule has 6 aromatic heterocycles. The molecule has 103 heavy (non-hydrogen) atoms. The molecule has 3 atom stereocenters. The highest BCUT2D eigenvalue weighted by atomic mass is 35.5. The van der Waals surface area contributed by atoms with Crippen molar-refractivity contribution in [2.75, 3.05) is 49.1 Å². The molecule has 5 N–H and O–H groups in total. The molecule has 16 nitrogen and oxygen atoms in total. The van der Waals surface area contributed by atoms with Crippen LogP contribution in [0, 0.1) is 57.8 Å². The Morgan fingerprint density at radius 3 is 1.22 bits per heavy atom. The molecule has 2 amide bonds. The number of amides is 2. The minimum Gasteiger partial charge on any atom is -0.444 e. The van der Waals surface area contributed by atoms with Gasteiger partial charge in [-0.05, 0) is 263 Å². The molecule has 9 heterocycles. The van der Waals surface area contributed by atoms with Crippen LogP contribution in [0.5, 0.6) is 0 Å². The summed E-state index contributed by atoms with van der Waals surface area (Å²) in [5.41, 5.74) is 27.3. The number of hydrogen-bond donors (Lipinski definition) is 4. The Morgan fingerprint density at radius 1 is 0.485 bits per heavy atom. The molecule has 9 aromatic rings. The lowest BCUT2D eigenvalue weighted by atomic mass is 9.72. The Labute approximate surface area is 620 Å². The molecule has 0 saturated carbocycles. The SMILES string of the molecule is CC(C)(C)OC(=O)N[C@@H]1c2ccccc2CC12CCNCC2.Cc1cc(-c2cccnc2)c(C)c(Cl)n1.Cc1cc(-c2cccnc2)c(C)c(N2CCC3(CC2)Cc2ccccc2[C@H]3N)n1.Cc1cc(-c2cccnc2)c(C)c(N2CCC3(CC2)Cc2ccccc2[C@H]3NC(=O)OC(C)(C)C)n1.Cl. The number of ether oxygens (including phenoxy) is 2.